The van der Waals surface area contributed by atoms with Crippen LogP contribution in [0.5, 0.6) is 0 Å². The van der Waals surface area contributed by atoms with Gasteiger partial charge >= 0.3 is 12.1 Å². The summed E-state index contributed by atoms with van der Waals surface area (Å²) in [6.45, 7) is -0.250. The van der Waals surface area contributed by atoms with Gasteiger partial charge in [0.15, 0.2) is 15.7 Å². The molecule has 1 aliphatic carbocycles. The first kappa shape index (κ1) is 19.7. The van der Waals surface area contributed by atoms with E-state index in [9.17, 15) is 31.5 Å². The summed E-state index contributed by atoms with van der Waals surface area (Å²) in [5, 5.41) is 15.2. The molecule has 1 saturated carbocycles. The minimum atomic E-state index is -4.84. The molecule has 2 N–H and O–H groups in total. The number of hydrogen-bond acceptors (Lipinski definition) is 5. The molecule has 2 fully saturated rings. The zero-order chi connectivity index (χ0) is 21.0. The van der Waals surface area contributed by atoms with Crippen LogP contribution in [0.4, 0.5) is 19.0 Å². The molecule has 7 nitrogen and oxygen atoms in total. The van der Waals surface area contributed by atoms with Crippen molar-refractivity contribution < 1.29 is 31.5 Å². The van der Waals surface area contributed by atoms with E-state index in [-0.39, 0.29) is 13.0 Å². The molecule has 1 aromatic carbocycles. The van der Waals surface area contributed by atoms with Crippen LogP contribution in [0.15, 0.2) is 35.2 Å². The Balaban J connectivity index is 1.68. The number of nitrogens with zero attached hydrogens (tertiary/aromatic N) is 2. The van der Waals surface area contributed by atoms with Crippen molar-refractivity contribution >= 4 is 21.6 Å². The smallest absolute Gasteiger partial charge is 0.417 e. The van der Waals surface area contributed by atoms with Crippen LogP contribution in [0.2, 0.25) is 0 Å². The number of rotatable bonds is 5. The van der Waals surface area contributed by atoms with Gasteiger partial charge in [0.25, 0.3) is 0 Å². The van der Waals surface area contributed by atoms with E-state index in [0.717, 1.165) is 30.7 Å². The first-order chi connectivity index (χ1) is 13.6. The summed E-state index contributed by atoms with van der Waals surface area (Å²) in [6.07, 6.45) is -3.17. The van der Waals surface area contributed by atoms with Crippen LogP contribution in [0, 0.1) is 0 Å². The van der Waals surface area contributed by atoms with Crippen LogP contribution < -0.4 is 4.90 Å². The molecule has 1 aliphatic heterocycles. The van der Waals surface area contributed by atoms with Crippen molar-refractivity contribution in [1.29, 1.82) is 0 Å². The molecule has 0 spiro atoms. The number of H-pyrrole nitrogens is 1. The number of sulfone groups is 1. The lowest BCUT2D eigenvalue weighted by atomic mass is 10.2. The molecule has 156 valence electrons. The fourth-order valence-electron chi connectivity index (χ4n) is 3.71. The molecule has 1 saturated heterocycles. The number of halogens is 3. The van der Waals surface area contributed by atoms with Crippen LogP contribution in [0.25, 0.3) is 0 Å². The average molecular weight is 429 g/mol. The van der Waals surface area contributed by atoms with E-state index in [1.807, 2.05) is 0 Å². The van der Waals surface area contributed by atoms with Crippen molar-refractivity contribution in [2.24, 2.45) is 0 Å². The van der Waals surface area contributed by atoms with Crippen LogP contribution >= 0.6 is 0 Å². The molecule has 0 bridgehead atoms. The zero-order valence-corrected chi connectivity index (χ0v) is 15.9. The lowest BCUT2D eigenvalue weighted by Gasteiger charge is -2.20. The lowest BCUT2D eigenvalue weighted by molar-refractivity contribution is -0.140. The van der Waals surface area contributed by atoms with Gasteiger partial charge in [-0.25, -0.2) is 13.2 Å². The summed E-state index contributed by atoms with van der Waals surface area (Å²) in [7, 11) is -4.42. The largest absolute Gasteiger partial charge is 0.480 e. The summed E-state index contributed by atoms with van der Waals surface area (Å²) < 4.78 is 66.0. The van der Waals surface area contributed by atoms with Crippen molar-refractivity contribution in [3.8, 4) is 0 Å². The normalized spacial score (nSPS) is 22.8. The van der Waals surface area contributed by atoms with Crippen LogP contribution in [0.1, 0.15) is 36.4 Å². The molecule has 2 heterocycles. The molecule has 11 heteroatoms. The van der Waals surface area contributed by atoms with Gasteiger partial charge in [0.1, 0.15) is 6.04 Å². The second-order valence-electron chi connectivity index (χ2n) is 7.36. The van der Waals surface area contributed by atoms with E-state index < -0.39 is 43.7 Å². The number of carboxylic acid groups (broad SMARTS) is 1. The number of aromatic nitrogens is 2. The van der Waals surface area contributed by atoms with Gasteiger partial charge in [-0.1, -0.05) is 12.1 Å². The van der Waals surface area contributed by atoms with Crippen molar-refractivity contribution in [3.63, 3.8) is 0 Å². The minimum absolute atomic E-state index is 0.250. The highest BCUT2D eigenvalue weighted by atomic mass is 32.2. The topological polar surface area (TPSA) is 103 Å². The predicted molar refractivity (Wildman–Crippen MR) is 96.4 cm³/mol. The van der Waals surface area contributed by atoms with E-state index >= 15 is 0 Å². The van der Waals surface area contributed by atoms with Gasteiger partial charge in [0.2, 0.25) is 0 Å². The third-order valence-corrected chi connectivity index (χ3v) is 7.57. The number of aromatic amines is 1. The summed E-state index contributed by atoms with van der Waals surface area (Å²) >= 11 is 0. The Hall–Kier alpha value is -2.56. The standard InChI is InChI=1S/C18H18F3N3O4S/c19-18(20,21)12-3-1-2-4-15(12)29(27,28)11-7-14(17(25)26)24(9-11)16-8-13(22-23-16)10-5-6-10/h1-4,8,10-11,14H,5-7,9H2,(H,22,23)(H,25,26). The number of hydrogen-bond donors (Lipinski definition) is 2. The van der Waals surface area contributed by atoms with Gasteiger partial charge in [0.05, 0.1) is 15.7 Å². The Morgan fingerprint density at radius 2 is 1.93 bits per heavy atom. The highest BCUT2D eigenvalue weighted by molar-refractivity contribution is 7.92. The van der Waals surface area contributed by atoms with Gasteiger partial charge in [-0.15, -0.1) is 0 Å². The lowest BCUT2D eigenvalue weighted by Crippen LogP contribution is -2.36. The third-order valence-electron chi connectivity index (χ3n) is 5.38. The molecular formula is C18H18F3N3O4S. The molecule has 2 aromatic rings. The van der Waals surface area contributed by atoms with Crippen LogP contribution in [-0.4, -0.2) is 47.5 Å². The molecule has 1 aromatic heterocycles. The SMILES string of the molecule is O=C(O)C1CC(S(=O)(=O)c2ccccc2C(F)(F)F)CN1c1cc(C2CC2)[nH]n1. The zero-order valence-electron chi connectivity index (χ0n) is 15.1. The number of alkyl halides is 3. The van der Waals surface area contributed by atoms with Crippen molar-refractivity contribution in [2.45, 2.75) is 47.5 Å². The summed E-state index contributed by atoms with van der Waals surface area (Å²) in [5.74, 6) is -0.621. The van der Waals surface area contributed by atoms with Gasteiger partial charge in [-0.3, -0.25) is 5.10 Å². The number of carbonyl (C=O) groups is 1. The Morgan fingerprint density at radius 1 is 1.24 bits per heavy atom. The Labute approximate surface area is 164 Å². The van der Waals surface area contributed by atoms with Crippen molar-refractivity contribution in [1.82, 2.24) is 10.2 Å². The molecule has 2 atom stereocenters. The highest BCUT2D eigenvalue weighted by Gasteiger charge is 2.47. The number of nitrogens with one attached hydrogen (secondary N) is 1. The average Bonchev–Trinajstić information content (AvgIpc) is 3.20. The number of benzene rings is 1. The van der Waals surface area contributed by atoms with Crippen molar-refractivity contribution in [3.05, 3.63) is 41.6 Å². The maximum absolute atomic E-state index is 13.3. The molecule has 2 unspecified atom stereocenters. The van der Waals surface area contributed by atoms with Gasteiger partial charge < -0.3 is 10.0 Å². The minimum Gasteiger partial charge on any atom is -0.480 e. The van der Waals surface area contributed by atoms with Gasteiger partial charge in [-0.2, -0.15) is 18.3 Å². The number of anilines is 1. The monoisotopic (exact) mass is 429 g/mol. The van der Waals surface area contributed by atoms with Crippen LogP contribution in [0.3, 0.4) is 0 Å². The second-order valence-corrected chi connectivity index (χ2v) is 9.56. The predicted octanol–water partition coefficient (Wildman–Crippen LogP) is 2.81. The molecule has 0 radical (unpaired) electrons. The quantitative estimate of drug-likeness (QED) is 0.758. The number of carboxylic acids is 1. The first-order valence-electron chi connectivity index (χ1n) is 9.04. The number of aliphatic carboxylic acids is 1. The van der Waals surface area contributed by atoms with Gasteiger partial charge in [0, 0.05) is 24.2 Å². The van der Waals surface area contributed by atoms with Gasteiger partial charge in [-0.05, 0) is 31.4 Å². The highest BCUT2D eigenvalue weighted by Crippen LogP contribution is 2.41. The first-order valence-corrected chi connectivity index (χ1v) is 10.6. The summed E-state index contributed by atoms with van der Waals surface area (Å²) in [6, 6.07) is 4.46. The maximum Gasteiger partial charge on any atom is 0.417 e. The molecule has 4 rings (SSSR count). The Bertz CT molecular complexity index is 1050. The summed E-state index contributed by atoms with van der Waals surface area (Å²) in [4.78, 5) is 12.2. The maximum atomic E-state index is 13.3. The molecule has 29 heavy (non-hydrogen) atoms. The van der Waals surface area contributed by atoms with E-state index in [2.05, 4.69) is 10.2 Å². The van der Waals surface area contributed by atoms with Crippen LogP contribution in [-0.2, 0) is 20.8 Å². The fourth-order valence-corrected chi connectivity index (χ4v) is 5.62. The van der Waals surface area contributed by atoms with E-state index in [0.29, 0.717) is 17.8 Å². The van der Waals surface area contributed by atoms with E-state index in [1.54, 1.807) is 6.07 Å². The molecule has 0 amide bonds. The third kappa shape index (κ3) is 3.59. The van der Waals surface area contributed by atoms with Crippen molar-refractivity contribution in [2.75, 3.05) is 11.4 Å². The van der Waals surface area contributed by atoms with E-state index in [1.165, 1.54) is 11.0 Å². The fraction of sp³-hybridized carbons (Fsp3) is 0.444. The second kappa shape index (κ2) is 6.75. The Kier molecular flexibility index (Phi) is 4.60. The molecular weight excluding hydrogens is 411 g/mol. The molecule has 2 aliphatic rings. The Morgan fingerprint density at radius 3 is 2.55 bits per heavy atom. The van der Waals surface area contributed by atoms with E-state index in [4.69, 9.17) is 0 Å². The summed E-state index contributed by atoms with van der Waals surface area (Å²) in [5.41, 5.74) is -0.404.